The first-order valence-electron chi connectivity index (χ1n) is 9.73. The Hall–Kier alpha value is -3.54. The summed E-state index contributed by atoms with van der Waals surface area (Å²) in [6, 6.07) is 33.0. The maximum Gasteiger partial charge on any atom is 0.281 e. The van der Waals surface area contributed by atoms with Crippen LogP contribution in [0.2, 0.25) is 0 Å². The van der Waals surface area contributed by atoms with Crippen LogP contribution >= 0.6 is 7.05 Å². The van der Waals surface area contributed by atoms with Crippen LogP contribution in [-0.2, 0) is 10.0 Å². The van der Waals surface area contributed by atoms with Gasteiger partial charge in [-0.05, 0) is 12.1 Å². The molecule has 4 aromatic carbocycles. The van der Waals surface area contributed by atoms with Gasteiger partial charge in [-0.1, -0.05) is 91.0 Å². The third-order valence-corrected chi connectivity index (χ3v) is 10.8. The fourth-order valence-electron chi connectivity index (χ4n) is 3.47. The minimum atomic E-state index is -4.15. The lowest BCUT2D eigenvalue weighted by Gasteiger charge is -2.26. The van der Waals surface area contributed by atoms with Gasteiger partial charge in [0.05, 0.1) is 16.9 Å². The number of sulfonamides is 1. The van der Waals surface area contributed by atoms with Crippen molar-refractivity contribution in [2.75, 3.05) is 0 Å². The van der Waals surface area contributed by atoms with Gasteiger partial charge in [-0.25, -0.2) is 0 Å². The molecule has 0 atom stereocenters. The van der Waals surface area contributed by atoms with Gasteiger partial charge >= 0.3 is 0 Å². The molecule has 0 bridgehead atoms. The Bertz CT molecular complexity index is 1290. The molecule has 6 nitrogen and oxygen atoms in total. The summed E-state index contributed by atoms with van der Waals surface area (Å²) in [5.41, 5.74) is -0.181. The average Bonchev–Trinajstić information content (AvgIpc) is 2.84. The van der Waals surface area contributed by atoms with E-state index >= 15 is 0 Å². The monoisotopic (exact) mass is 462 g/mol. The Morgan fingerprint density at radius 3 is 1.34 bits per heavy atom. The van der Waals surface area contributed by atoms with Gasteiger partial charge in [-0.3, -0.25) is 10.1 Å². The summed E-state index contributed by atoms with van der Waals surface area (Å²) >= 11 is 0. The Morgan fingerprint density at radius 1 is 0.625 bits per heavy atom. The second kappa shape index (κ2) is 8.91. The first-order chi connectivity index (χ1) is 15.4. The maximum absolute atomic E-state index is 13.5. The van der Waals surface area contributed by atoms with Crippen LogP contribution in [0.3, 0.4) is 0 Å². The topological polar surface area (TPSA) is 89.6 Å². The molecular formula is C24H19N2O4PS. The van der Waals surface area contributed by atoms with Crippen molar-refractivity contribution < 1.29 is 13.3 Å². The molecule has 0 N–H and O–H groups in total. The zero-order chi connectivity index (χ0) is 22.6. The molecule has 0 aromatic heterocycles. The smallest absolute Gasteiger partial charge is 0.258 e. The highest BCUT2D eigenvalue weighted by molar-refractivity contribution is 7.99. The molecule has 0 aliphatic heterocycles. The normalized spacial score (nSPS) is 11.6. The van der Waals surface area contributed by atoms with Crippen molar-refractivity contribution in [3.8, 4) is 0 Å². The molecule has 0 amide bonds. The van der Waals surface area contributed by atoms with Crippen LogP contribution in [0.4, 0.5) is 5.69 Å². The summed E-state index contributed by atoms with van der Waals surface area (Å²) in [5.74, 6) is 0. The molecule has 32 heavy (non-hydrogen) atoms. The SMILES string of the molecule is O=[N+]([O-])c1ccc(S(=O)(=O)N=P(c2ccccc2)(c2ccccc2)c2ccccc2)cc1. The predicted octanol–water partition coefficient (Wildman–Crippen LogP) is 4.46. The summed E-state index contributed by atoms with van der Waals surface area (Å²) < 4.78 is 31.7. The fraction of sp³-hybridized carbons (Fsp3) is 0. The van der Waals surface area contributed by atoms with Crippen LogP contribution in [-0.4, -0.2) is 13.3 Å². The zero-order valence-corrected chi connectivity index (χ0v) is 18.6. The van der Waals surface area contributed by atoms with E-state index in [2.05, 4.69) is 4.15 Å². The van der Waals surface area contributed by atoms with Crippen LogP contribution in [0, 0.1) is 10.1 Å². The molecule has 0 aliphatic carbocycles. The highest BCUT2D eigenvalue weighted by Crippen LogP contribution is 2.48. The van der Waals surface area contributed by atoms with Crippen molar-refractivity contribution in [2.45, 2.75) is 4.90 Å². The van der Waals surface area contributed by atoms with Crippen molar-refractivity contribution in [1.29, 1.82) is 0 Å². The summed E-state index contributed by atoms with van der Waals surface area (Å²) in [6.07, 6.45) is 0. The summed E-state index contributed by atoms with van der Waals surface area (Å²) in [6.45, 7) is 0. The molecule has 4 aromatic rings. The van der Waals surface area contributed by atoms with Gasteiger partial charge in [-0.15, -0.1) is 0 Å². The molecule has 0 spiro atoms. The molecule has 4 rings (SSSR count). The summed E-state index contributed by atoms with van der Waals surface area (Å²) in [5, 5.41) is 13.4. The van der Waals surface area contributed by atoms with Gasteiger partial charge in [-0.2, -0.15) is 12.6 Å². The van der Waals surface area contributed by atoms with Crippen LogP contribution < -0.4 is 15.9 Å². The highest BCUT2D eigenvalue weighted by Gasteiger charge is 2.31. The fourth-order valence-corrected chi connectivity index (χ4v) is 9.45. The highest BCUT2D eigenvalue weighted by atomic mass is 32.2. The van der Waals surface area contributed by atoms with Crippen LogP contribution in [0.15, 0.2) is 124 Å². The maximum atomic E-state index is 13.5. The molecule has 8 heteroatoms. The number of rotatable bonds is 6. The molecule has 0 saturated carbocycles. The van der Waals surface area contributed by atoms with Crippen LogP contribution in [0.1, 0.15) is 0 Å². The Kier molecular flexibility index (Phi) is 6.04. The van der Waals surface area contributed by atoms with Crippen molar-refractivity contribution in [1.82, 2.24) is 0 Å². The van der Waals surface area contributed by atoms with Crippen molar-refractivity contribution in [3.63, 3.8) is 0 Å². The summed E-state index contributed by atoms with van der Waals surface area (Å²) in [4.78, 5) is 10.3. The lowest BCUT2D eigenvalue weighted by Crippen LogP contribution is -2.26. The largest absolute Gasteiger partial charge is 0.281 e. The average molecular weight is 462 g/mol. The lowest BCUT2D eigenvalue weighted by molar-refractivity contribution is -0.384. The van der Waals surface area contributed by atoms with E-state index in [1.165, 1.54) is 24.3 Å². The molecule has 0 unspecified atom stereocenters. The van der Waals surface area contributed by atoms with E-state index in [1.807, 2.05) is 91.0 Å². The van der Waals surface area contributed by atoms with E-state index in [1.54, 1.807) is 0 Å². The number of hydrogen-bond acceptors (Lipinski definition) is 4. The van der Waals surface area contributed by atoms with Crippen LogP contribution in [0.5, 0.6) is 0 Å². The van der Waals surface area contributed by atoms with E-state index in [9.17, 15) is 18.5 Å². The molecule has 0 saturated heterocycles. The lowest BCUT2D eigenvalue weighted by atomic mass is 10.3. The molecule has 0 fully saturated rings. The second-order valence-electron chi connectivity index (χ2n) is 6.95. The van der Waals surface area contributed by atoms with Gasteiger partial charge in [0.25, 0.3) is 15.7 Å². The number of benzene rings is 4. The number of nitro benzene ring substituents is 1. The van der Waals surface area contributed by atoms with E-state index in [0.717, 1.165) is 15.9 Å². The van der Waals surface area contributed by atoms with Crippen molar-refractivity contribution in [3.05, 3.63) is 125 Å². The van der Waals surface area contributed by atoms with Gasteiger partial charge in [0, 0.05) is 28.0 Å². The molecule has 0 radical (unpaired) electrons. The number of non-ortho nitro benzene ring substituents is 1. The quantitative estimate of drug-likeness (QED) is 0.240. The standard InChI is InChI=1S/C24H19N2O4PS/c27-26(28)20-16-18-24(19-17-20)32(29,30)25-31(21-10-4-1-5-11-21,22-12-6-2-7-13-22)23-14-8-3-9-15-23/h1-19H. The Morgan fingerprint density at radius 2 is 1.00 bits per heavy atom. The van der Waals surface area contributed by atoms with Crippen molar-refractivity contribution in [2.24, 2.45) is 4.15 Å². The number of hydrogen-bond donors (Lipinski definition) is 0. The number of nitrogens with zero attached hydrogens (tertiary/aromatic N) is 2. The van der Waals surface area contributed by atoms with Gasteiger partial charge < -0.3 is 0 Å². The Labute approximate surface area is 186 Å². The zero-order valence-electron chi connectivity index (χ0n) is 16.9. The van der Waals surface area contributed by atoms with Gasteiger partial charge in [0.1, 0.15) is 0 Å². The predicted molar refractivity (Wildman–Crippen MR) is 128 cm³/mol. The molecule has 0 heterocycles. The minimum absolute atomic E-state index is 0.0877. The van der Waals surface area contributed by atoms with E-state index in [4.69, 9.17) is 0 Å². The van der Waals surface area contributed by atoms with Crippen LogP contribution in [0.25, 0.3) is 0 Å². The third kappa shape index (κ3) is 4.13. The number of nitro groups is 1. The third-order valence-electron chi connectivity index (χ3n) is 4.96. The molecule has 160 valence electrons. The second-order valence-corrected chi connectivity index (χ2v) is 11.8. The van der Waals surface area contributed by atoms with Gasteiger partial charge in [0.2, 0.25) is 0 Å². The van der Waals surface area contributed by atoms with Gasteiger partial charge in [0.15, 0.2) is 0 Å². The molecule has 0 aliphatic rings. The summed E-state index contributed by atoms with van der Waals surface area (Å²) in [7, 11) is -7.12. The van der Waals surface area contributed by atoms with E-state index in [0.29, 0.717) is 0 Å². The first-order valence-corrected chi connectivity index (χ1v) is 12.9. The van der Waals surface area contributed by atoms with E-state index < -0.39 is 22.0 Å². The Balaban J connectivity index is 2.07. The van der Waals surface area contributed by atoms with Crippen molar-refractivity contribution >= 4 is 38.7 Å². The van der Waals surface area contributed by atoms with E-state index in [-0.39, 0.29) is 10.6 Å². The minimum Gasteiger partial charge on any atom is -0.258 e. The first kappa shape index (κ1) is 21.7. The molecular weight excluding hydrogens is 443 g/mol.